The molecule has 0 aliphatic heterocycles. The smallest absolute Gasteiger partial charge is 0.237 e. The number of carbonyl (C=O) groups excluding carboxylic acids is 1. The number of nitrogens with one attached hydrogen (secondary N) is 2. The van der Waals surface area contributed by atoms with E-state index in [1.165, 1.54) is 0 Å². The maximum absolute atomic E-state index is 11.4. The number of rotatable bonds is 5. The van der Waals surface area contributed by atoms with Crippen LogP contribution in [0.5, 0.6) is 0 Å². The maximum atomic E-state index is 11.4. The molecule has 0 aromatic carbocycles. The average molecular weight is 196 g/mol. The lowest BCUT2D eigenvalue weighted by molar-refractivity contribution is -0.123. The molecule has 0 radical (unpaired) electrons. The fraction of sp³-hybridized carbons (Fsp3) is 0.727. The standard InChI is InChI=1S/C11H20N2O/c1-5-6-7-8-12-10(4)11(14)13-9(2)3/h9-10,12H,7-8H2,1-4H3,(H,13,14). The van der Waals surface area contributed by atoms with Gasteiger partial charge in [0.25, 0.3) is 0 Å². The molecule has 3 heteroatoms. The molecule has 2 N–H and O–H groups in total. The molecule has 80 valence electrons. The summed E-state index contributed by atoms with van der Waals surface area (Å²) in [6.45, 7) is 8.33. The van der Waals surface area contributed by atoms with E-state index in [4.69, 9.17) is 0 Å². The van der Waals surface area contributed by atoms with E-state index in [2.05, 4.69) is 22.5 Å². The molecule has 0 saturated carbocycles. The second-order valence-electron chi connectivity index (χ2n) is 3.52. The lowest BCUT2D eigenvalue weighted by Gasteiger charge is -2.15. The zero-order valence-corrected chi connectivity index (χ0v) is 9.48. The van der Waals surface area contributed by atoms with Crippen LogP contribution in [0.4, 0.5) is 0 Å². The highest BCUT2D eigenvalue weighted by atomic mass is 16.2. The molecule has 14 heavy (non-hydrogen) atoms. The molecule has 1 amide bonds. The minimum atomic E-state index is -0.143. The molecule has 0 fully saturated rings. The van der Waals surface area contributed by atoms with Crippen LogP contribution in [-0.4, -0.2) is 24.5 Å². The maximum Gasteiger partial charge on any atom is 0.237 e. The third-order valence-corrected chi connectivity index (χ3v) is 1.70. The molecule has 0 aliphatic carbocycles. The number of carbonyl (C=O) groups is 1. The van der Waals surface area contributed by atoms with Crippen LogP contribution in [-0.2, 0) is 4.79 Å². The van der Waals surface area contributed by atoms with Crippen molar-refractivity contribution in [1.29, 1.82) is 0 Å². The van der Waals surface area contributed by atoms with Gasteiger partial charge in [-0.1, -0.05) is 0 Å². The molecule has 0 saturated heterocycles. The first-order chi connectivity index (χ1) is 6.57. The van der Waals surface area contributed by atoms with E-state index in [1.807, 2.05) is 27.7 Å². The van der Waals surface area contributed by atoms with Crippen LogP contribution >= 0.6 is 0 Å². The van der Waals surface area contributed by atoms with Crippen molar-refractivity contribution in [1.82, 2.24) is 10.6 Å². The van der Waals surface area contributed by atoms with Crippen LogP contribution in [0.1, 0.15) is 34.1 Å². The van der Waals surface area contributed by atoms with Crippen molar-refractivity contribution in [2.45, 2.75) is 46.2 Å². The zero-order chi connectivity index (χ0) is 11.0. The second kappa shape index (κ2) is 7.40. The second-order valence-corrected chi connectivity index (χ2v) is 3.52. The van der Waals surface area contributed by atoms with Crippen LogP contribution in [0, 0.1) is 11.8 Å². The van der Waals surface area contributed by atoms with Crippen LogP contribution in [0.2, 0.25) is 0 Å². The van der Waals surface area contributed by atoms with E-state index in [9.17, 15) is 4.79 Å². The number of amides is 1. The Hall–Kier alpha value is -1.01. The molecule has 0 heterocycles. The summed E-state index contributed by atoms with van der Waals surface area (Å²) in [4.78, 5) is 11.4. The molecule has 1 unspecified atom stereocenters. The van der Waals surface area contributed by atoms with Crippen molar-refractivity contribution in [3.63, 3.8) is 0 Å². The van der Waals surface area contributed by atoms with E-state index in [1.54, 1.807) is 0 Å². The van der Waals surface area contributed by atoms with Gasteiger partial charge in [0.1, 0.15) is 0 Å². The Balaban J connectivity index is 3.65. The van der Waals surface area contributed by atoms with Crippen LogP contribution in [0.15, 0.2) is 0 Å². The van der Waals surface area contributed by atoms with Crippen LogP contribution in [0.3, 0.4) is 0 Å². The summed E-state index contributed by atoms with van der Waals surface area (Å²) in [5.41, 5.74) is 0. The Morgan fingerprint density at radius 3 is 2.50 bits per heavy atom. The average Bonchev–Trinajstić information content (AvgIpc) is 2.11. The van der Waals surface area contributed by atoms with Gasteiger partial charge >= 0.3 is 0 Å². The minimum Gasteiger partial charge on any atom is -0.353 e. The summed E-state index contributed by atoms with van der Waals surface area (Å²) < 4.78 is 0. The summed E-state index contributed by atoms with van der Waals surface area (Å²) in [5.74, 6) is 5.80. The molecular formula is C11H20N2O. The molecule has 0 spiro atoms. The molecule has 0 aromatic rings. The van der Waals surface area contributed by atoms with Gasteiger partial charge in [-0.2, -0.15) is 0 Å². The minimum absolute atomic E-state index is 0.0458. The fourth-order valence-electron chi connectivity index (χ4n) is 0.978. The predicted molar refractivity (Wildman–Crippen MR) is 58.8 cm³/mol. The van der Waals surface area contributed by atoms with Crippen molar-refractivity contribution in [2.24, 2.45) is 0 Å². The summed E-state index contributed by atoms with van der Waals surface area (Å²) in [5, 5.41) is 5.95. The van der Waals surface area contributed by atoms with Gasteiger partial charge in [0.15, 0.2) is 0 Å². The number of hydrogen-bond acceptors (Lipinski definition) is 2. The van der Waals surface area contributed by atoms with Crippen molar-refractivity contribution < 1.29 is 4.79 Å². The van der Waals surface area contributed by atoms with Gasteiger partial charge in [-0.05, 0) is 27.7 Å². The monoisotopic (exact) mass is 196 g/mol. The first kappa shape index (κ1) is 13.0. The van der Waals surface area contributed by atoms with Crippen molar-refractivity contribution in [3.05, 3.63) is 0 Å². The van der Waals surface area contributed by atoms with E-state index < -0.39 is 0 Å². The molecule has 3 nitrogen and oxygen atoms in total. The lowest BCUT2D eigenvalue weighted by atomic mass is 10.2. The SMILES string of the molecule is CC#CCCNC(C)C(=O)NC(C)C. The molecule has 0 aliphatic rings. The van der Waals surface area contributed by atoms with Crippen molar-refractivity contribution in [2.75, 3.05) is 6.54 Å². The van der Waals surface area contributed by atoms with Gasteiger partial charge in [-0.3, -0.25) is 4.79 Å². The van der Waals surface area contributed by atoms with E-state index in [0.29, 0.717) is 0 Å². The highest BCUT2D eigenvalue weighted by Crippen LogP contribution is 1.85. The van der Waals surface area contributed by atoms with Crippen LogP contribution < -0.4 is 10.6 Å². The third kappa shape index (κ3) is 6.50. The topological polar surface area (TPSA) is 41.1 Å². The first-order valence-corrected chi connectivity index (χ1v) is 5.01. The molecule has 0 rings (SSSR count). The third-order valence-electron chi connectivity index (χ3n) is 1.70. The molecule has 0 bridgehead atoms. The van der Waals surface area contributed by atoms with E-state index in [0.717, 1.165) is 13.0 Å². The van der Waals surface area contributed by atoms with Gasteiger partial charge in [0.05, 0.1) is 6.04 Å². The Morgan fingerprint density at radius 2 is 2.00 bits per heavy atom. The summed E-state index contributed by atoms with van der Waals surface area (Å²) >= 11 is 0. The summed E-state index contributed by atoms with van der Waals surface area (Å²) in [7, 11) is 0. The van der Waals surface area contributed by atoms with Crippen molar-refractivity contribution in [3.8, 4) is 11.8 Å². The lowest BCUT2D eigenvalue weighted by Crippen LogP contribution is -2.44. The van der Waals surface area contributed by atoms with Crippen LogP contribution in [0.25, 0.3) is 0 Å². The largest absolute Gasteiger partial charge is 0.353 e. The molecular weight excluding hydrogens is 176 g/mol. The normalized spacial score (nSPS) is 11.8. The van der Waals surface area contributed by atoms with E-state index in [-0.39, 0.29) is 18.0 Å². The quantitative estimate of drug-likeness (QED) is 0.507. The van der Waals surface area contributed by atoms with Gasteiger partial charge < -0.3 is 10.6 Å². The van der Waals surface area contributed by atoms with Gasteiger partial charge in [0.2, 0.25) is 5.91 Å². The highest BCUT2D eigenvalue weighted by molar-refractivity contribution is 5.81. The fourth-order valence-corrected chi connectivity index (χ4v) is 0.978. The summed E-state index contributed by atoms with van der Waals surface area (Å²) in [6.07, 6.45) is 0.787. The Labute approximate surface area is 86.6 Å². The Bertz CT molecular complexity index is 225. The van der Waals surface area contributed by atoms with Gasteiger partial charge in [0, 0.05) is 19.0 Å². The zero-order valence-electron chi connectivity index (χ0n) is 9.48. The number of hydrogen-bond donors (Lipinski definition) is 2. The molecule has 0 aromatic heterocycles. The summed E-state index contributed by atoms with van der Waals surface area (Å²) in [6, 6.07) is 0.0539. The van der Waals surface area contributed by atoms with Crippen molar-refractivity contribution >= 4 is 5.91 Å². The Kier molecular flexibility index (Phi) is 6.87. The van der Waals surface area contributed by atoms with E-state index >= 15 is 0 Å². The highest BCUT2D eigenvalue weighted by Gasteiger charge is 2.11. The first-order valence-electron chi connectivity index (χ1n) is 5.01. The van der Waals surface area contributed by atoms with Gasteiger partial charge in [-0.15, -0.1) is 11.8 Å². The molecule has 1 atom stereocenters. The predicted octanol–water partition coefficient (Wildman–Crippen LogP) is 0.902. The Morgan fingerprint density at radius 1 is 1.36 bits per heavy atom. The van der Waals surface area contributed by atoms with Gasteiger partial charge in [-0.25, -0.2) is 0 Å².